The number of nitrogens with zero attached hydrogens (tertiary/aromatic N) is 2. The Hall–Kier alpha value is -2.16. The molecule has 0 spiro atoms. The number of hydrogen-bond donors (Lipinski definition) is 3. The summed E-state index contributed by atoms with van der Waals surface area (Å²) in [7, 11) is 0.0320. The van der Waals surface area contributed by atoms with Gasteiger partial charge in [-0.05, 0) is 5.46 Å². The standard InChI is InChI=1S/C14H15BN2O5/c1-17-6-5-14(19,13(17)18)12-8-11(16-22-12)9-3-2-4-10(7-9)15(20)21/h2-4,7-8,19-21H,5-6H2,1H3. The molecule has 3 rings (SSSR count). The zero-order valence-corrected chi connectivity index (χ0v) is 11.9. The summed E-state index contributed by atoms with van der Waals surface area (Å²) in [5.41, 5.74) is -0.359. The first-order valence-corrected chi connectivity index (χ1v) is 6.83. The molecule has 8 heteroatoms. The van der Waals surface area contributed by atoms with Crippen molar-refractivity contribution < 1.29 is 24.5 Å². The second-order valence-electron chi connectivity index (χ2n) is 5.41. The molecule has 1 aromatic carbocycles. The van der Waals surface area contributed by atoms with Gasteiger partial charge in [-0.2, -0.15) is 0 Å². The molecular formula is C14H15BN2O5. The molecule has 22 heavy (non-hydrogen) atoms. The third kappa shape index (κ3) is 2.31. The van der Waals surface area contributed by atoms with Crippen molar-refractivity contribution in [2.45, 2.75) is 12.0 Å². The highest BCUT2D eigenvalue weighted by Gasteiger charge is 2.48. The van der Waals surface area contributed by atoms with Gasteiger partial charge in [-0.15, -0.1) is 0 Å². The number of rotatable bonds is 3. The van der Waals surface area contributed by atoms with E-state index >= 15 is 0 Å². The Balaban J connectivity index is 1.95. The van der Waals surface area contributed by atoms with Crippen molar-refractivity contribution in [2.75, 3.05) is 13.6 Å². The summed E-state index contributed by atoms with van der Waals surface area (Å²) in [4.78, 5) is 13.5. The van der Waals surface area contributed by atoms with Crippen molar-refractivity contribution in [1.82, 2.24) is 10.1 Å². The second-order valence-corrected chi connectivity index (χ2v) is 5.41. The van der Waals surface area contributed by atoms with Gasteiger partial charge < -0.3 is 24.6 Å². The van der Waals surface area contributed by atoms with E-state index in [0.29, 0.717) is 23.3 Å². The zero-order valence-electron chi connectivity index (χ0n) is 11.9. The van der Waals surface area contributed by atoms with E-state index in [1.54, 1.807) is 31.3 Å². The maximum atomic E-state index is 12.0. The molecule has 1 unspecified atom stereocenters. The van der Waals surface area contributed by atoms with E-state index in [1.807, 2.05) is 0 Å². The fourth-order valence-corrected chi connectivity index (χ4v) is 2.55. The number of amides is 1. The number of carbonyl (C=O) groups is 1. The Morgan fingerprint density at radius 3 is 2.77 bits per heavy atom. The molecule has 2 aromatic rings. The van der Waals surface area contributed by atoms with E-state index in [1.165, 1.54) is 11.0 Å². The second kappa shape index (κ2) is 5.24. The first kappa shape index (κ1) is 14.8. The molecule has 0 aliphatic carbocycles. The number of benzene rings is 1. The van der Waals surface area contributed by atoms with Crippen LogP contribution < -0.4 is 5.46 Å². The van der Waals surface area contributed by atoms with Gasteiger partial charge >= 0.3 is 7.12 Å². The highest BCUT2D eigenvalue weighted by molar-refractivity contribution is 6.58. The van der Waals surface area contributed by atoms with Crippen molar-refractivity contribution in [3.05, 3.63) is 36.1 Å². The van der Waals surface area contributed by atoms with Crippen LogP contribution in [0.2, 0.25) is 0 Å². The van der Waals surface area contributed by atoms with Crippen LogP contribution in [0.25, 0.3) is 11.3 Å². The molecule has 1 aliphatic rings. The smallest absolute Gasteiger partial charge is 0.423 e. The molecule has 1 aromatic heterocycles. The van der Waals surface area contributed by atoms with Gasteiger partial charge in [-0.1, -0.05) is 29.4 Å². The maximum absolute atomic E-state index is 12.0. The topological polar surface area (TPSA) is 107 Å². The average Bonchev–Trinajstić information content (AvgIpc) is 3.10. The third-order valence-corrected chi connectivity index (χ3v) is 3.91. The molecular weight excluding hydrogens is 287 g/mol. The summed E-state index contributed by atoms with van der Waals surface area (Å²) in [5.74, 6) is -0.332. The highest BCUT2D eigenvalue weighted by atomic mass is 16.5. The Labute approximate surface area is 126 Å². The monoisotopic (exact) mass is 302 g/mol. The van der Waals surface area contributed by atoms with Crippen LogP contribution in [0.4, 0.5) is 0 Å². The normalized spacial score (nSPS) is 21.5. The molecule has 0 bridgehead atoms. The van der Waals surface area contributed by atoms with Gasteiger partial charge in [0.2, 0.25) is 5.60 Å². The van der Waals surface area contributed by atoms with Gasteiger partial charge in [-0.25, -0.2) is 0 Å². The molecule has 0 radical (unpaired) electrons. The predicted octanol–water partition coefficient (Wildman–Crippen LogP) is -0.929. The minimum atomic E-state index is -1.69. The van der Waals surface area contributed by atoms with Crippen LogP contribution in [0.15, 0.2) is 34.9 Å². The largest absolute Gasteiger partial charge is 0.488 e. The lowest BCUT2D eigenvalue weighted by Crippen LogP contribution is -2.35. The van der Waals surface area contributed by atoms with Gasteiger partial charge in [0, 0.05) is 31.6 Å². The van der Waals surface area contributed by atoms with Gasteiger partial charge in [0.15, 0.2) is 5.76 Å². The quantitative estimate of drug-likeness (QED) is 0.633. The molecule has 1 amide bonds. The van der Waals surface area contributed by atoms with Gasteiger partial charge in [-0.3, -0.25) is 4.79 Å². The van der Waals surface area contributed by atoms with E-state index in [-0.39, 0.29) is 12.2 Å². The number of carbonyl (C=O) groups excluding carboxylic acids is 1. The molecule has 1 saturated heterocycles. The summed E-state index contributed by atoms with van der Waals surface area (Å²) in [5, 5.41) is 32.8. The Morgan fingerprint density at radius 1 is 1.36 bits per heavy atom. The molecule has 1 aliphatic heterocycles. The van der Waals surface area contributed by atoms with E-state index in [4.69, 9.17) is 4.52 Å². The Morgan fingerprint density at radius 2 is 2.14 bits per heavy atom. The van der Waals surface area contributed by atoms with Crippen LogP contribution in [0.5, 0.6) is 0 Å². The van der Waals surface area contributed by atoms with E-state index in [2.05, 4.69) is 5.16 Å². The van der Waals surface area contributed by atoms with E-state index in [0.717, 1.165) is 0 Å². The summed E-state index contributed by atoms with van der Waals surface area (Å²) in [6, 6.07) is 8.00. The third-order valence-electron chi connectivity index (χ3n) is 3.91. The molecule has 3 N–H and O–H groups in total. The molecule has 1 fully saturated rings. The molecule has 2 heterocycles. The summed E-state index contributed by atoms with van der Waals surface area (Å²) in [6.45, 7) is 0.442. The van der Waals surface area contributed by atoms with Crippen LogP contribution in [-0.4, -0.2) is 51.8 Å². The Bertz CT molecular complexity index is 717. The number of aromatic nitrogens is 1. The van der Waals surface area contributed by atoms with Crippen LogP contribution in [-0.2, 0) is 10.4 Å². The van der Waals surface area contributed by atoms with Crippen molar-refractivity contribution in [1.29, 1.82) is 0 Å². The summed E-state index contributed by atoms with van der Waals surface area (Å²) in [6.07, 6.45) is 0.242. The molecule has 7 nitrogen and oxygen atoms in total. The molecule has 1 atom stereocenters. The number of aliphatic hydroxyl groups is 1. The van der Waals surface area contributed by atoms with Gasteiger partial charge in [0.1, 0.15) is 5.69 Å². The van der Waals surface area contributed by atoms with Crippen molar-refractivity contribution in [3.63, 3.8) is 0 Å². The van der Waals surface area contributed by atoms with Crippen molar-refractivity contribution in [2.24, 2.45) is 0 Å². The van der Waals surface area contributed by atoms with Gasteiger partial charge in [0.05, 0.1) is 0 Å². The lowest BCUT2D eigenvalue weighted by molar-refractivity contribution is -0.144. The van der Waals surface area contributed by atoms with E-state index < -0.39 is 18.6 Å². The highest BCUT2D eigenvalue weighted by Crippen LogP contribution is 2.34. The molecule has 114 valence electrons. The lowest BCUT2D eigenvalue weighted by atomic mass is 9.79. The zero-order chi connectivity index (χ0) is 15.9. The Kier molecular flexibility index (Phi) is 3.52. The predicted molar refractivity (Wildman–Crippen MR) is 77.9 cm³/mol. The van der Waals surface area contributed by atoms with Crippen LogP contribution in [0.3, 0.4) is 0 Å². The van der Waals surface area contributed by atoms with Crippen LogP contribution in [0.1, 0.15) is 12.2 Å². The number of hydrogen-bond acceptors (Lipinski definition) is 6. The van der Waals surface area contributed by atoms with Crippen LogP contribution in [0, 0.1) is 0 Å². The van der Waals surface area contributed by atoms with Crippen molar-refractivity contribution in [3.8, 4) is 11.3 Å². The first-order valence-electron chi connectivity index (χ1n) is 6.83. The summed E-state index contributed by atoms with van der Waals surface area (Å²) >= 11 is 0. The van der Waals surface area contributed by atoms with E-state index in [9.17, 15) is 19.9 Å². The van der Waals surface area contributed by atoms with Crippen molar-refractivity contribution >= 4 is 18.5 Å². The number of likely N-dealkylation sites (N-methyl/N-ethyl adjacent to an activating group) is 1. The van der Waals surface area contributed by atoms with Gasteiger partial charge in [0.25, 0.3) is 5.91 Å². The summed E-state index contributed by atoms with van der Waals surface area (Å²) < 4.78 is 5.15. The SMILES string of the molecule is CN1CCC(O)(c2cc(-c3cccc(B(O)O)c3)no2)C1=O. The minimum Gasteiger partial charge on any atom is -0.423 e. The minimum absolute atomic E-state index is 0.0896. The van der Waals surface area contributed by atoms with Crippen LogP contribution >= 0.6 is 0 Å². The fourth-order valence-electron chi connectivity index (χ4n) is 2.55. The number of likely N-dealkylation sites (tertiary alicyclic amines) is 1. The maximum Gasteiger partial charge on any atom is 0.488 e. The molecule has 0 saturated carbocycles. The fraction of sp³-hybridized carbons (Fsp3) is 0.286. The average molecular weight is 302 g/mol. The lowest BCUT2D eigenvalue weighted by Gasteiger charge is -2.16. The first-order chi connectivity index (χ1) is 10.4.